The number of pyridine rings is 1. The lowest BCUT2D eigenvalue weighted by molar-refractivity contribution is -0.114. The lowest BCUT2D eigenvalue weighted by atomic mass is 9.93. The van der Waals surface area contributed by atoms with Crippen molar-refractivity contribution >= 4 is 16.8 Å². The number of fused-ring (bicyclic) bond motifs is 1. The van der Waals surface area contributed by atoms with Gasteiger partial charge in [0.05, 0.1) is 18.9 Å². The number of ether oxygens (including phenoxy) is 1. The van der Waals surface area contributed by atoms with Crippen LogP contribution in [0.3, 0.4) is 0 Å². The number of carbonyl (C=O) groups excluding carboxylic acids is 1. The van der Waals surface area contributed by atoms with Gasteiger partial charge in [0.25, 0.3) is 0 Å². The summed E-state index contributed by atoms with van der Waals surface area (Å²) in [4.78, 5) is 22.7. The van der Waals surface area contributed by atoms with Gasteiger partial charge in [-0.1, -0.05) is 43.0 Å². The molecular weight excluding hydrogens is 422 g/mol. The summed E-state index contributed by atoms with van der Waals surface area (Å²) in [6.45, 7) is 10.1. The number of benzene rings is 2. The number of allylic oxidation sites excluding steroid dienone is 1. The van der Waals surface area contributed by atoms with E-state index in [0.717, 1.165) is 77.4 Å². The first-order valence-electron chi connectivity index (χ1n) is 11.7. The monoisotopic (exact) mass is 451 g/mol. The minimum absolute atomic E-state index is 0.0249. The Kier molecular flexibility index (Phi) is 6.39. The van der Waals surface area contributed by atoms with E-state index in [-0.39, 0.29) is 5.78 Å². The van der Waals surface area contributed by atoms with Gasteiger partial charge in [-0.3, -0.25) is 9.69 Å². The van der Waals surface area contributed by atoms with Gasteiger partial charge < -0.3 is 9.72 Å². The Bertz CT molecular complexity index is 1350. The molecule has 0 radical (unpaired) electrons. The van der Waals surface area contributed by atoms with Gasteiger partial charge >= 0.3 is 0 Å². The summed E-state index contributed by atoms with van der Waals surface area (Å²) in [5.74, 6) is 0.0249. The molecule has 0 amide bonds. The van der Waals surface area contributed by atoms with E-state index in [1.165, 1.54) is 11.6 Å². The highest BCUT2D eigenvalue weighted by Gasteiger charge is 2.18. The Morgan fingerprint density at radius 2 is 1.97 bits per heavy atom. The van der Waals surface area contributed by atoms with Crippen LogP contribution in [-0.4, -0.2) is 47.0 Å². The van der Waals surface area contributed by atoms with Crippen LogP contribution in [0.15, 0.2) is 73.4 Å². The molecule has 1 fully saturated rings. The Balaban J connectivity index is 1.59. The van der Waals surface area contributed by atoms with Crippen LogP contribution < -0.4 is 0 Å². The first kappa shape index (κ1) is 22.3. The summed E-state index contributed by atoms with van der Waals surface area (Å²) in [6.07, 6.45) is 3.56. The molecule has 5 nitrogen and oxygen atoms in total. The predicted molar refractivity (Wildman–Crippen MR) is 137 cm³/mol. The van der Waals surface area contributed by atoms with Crippen molar-refractivity contribution < 1.29 is 9.53 Å². The van der Waals surface area contributed by atoms with Crippen LogP contribution in [0, 0.1) is 6.92 Å². The SMILES string of the molecule is C=CC(=O)Cc1cc(-c2c(-c3cccc(CN4CCOCC4)c3)[nH]c3ncccc23)ccc1C. The molecule has 1 aliphatic heterocycles. The third kappa shape index (κ3) is 4.58. The van der Waals surface area contributed by atoms with Gasteiger partial charge in [-0.15, -0.1) is 0 Å². The largest absolute Gasteiger partial charge is 0.379 e. The Morgan fingerprint density at radius 3 is 2.79 bits per heavy atom. The summed E-state index contributed by atoms with van der Waals surface area (Å²) in [7, 11) is 0. The zero-order valence-electron chi connectivity index (χ0n) is 19.5. The molecule has 3 heterocycles. The third-order valence-corrected chi connectivity index (χ3v) is 6.53. The molecule has 0 atom stereocenters. The molecule has 0 spiro atoms. The molecule has 5 heteroatoms. The highest BCUT2D eigenvalue weighted by molar-refractivity contribution is 6.02. The standard InChI is InChI=1S/C29H29N3O2/c1-3-25(33)18-24-17-22(10-9-20(24)2)27-26-8-5-11-30-29(26)31-28(27)23-7-4-6-21(16-23)19-32-12-14-34-15-13-32/h3-11,16-17H,1,12-15,18-19H2,2H3,(H,30,31). The van der Waals surface area contributed by atoms with Crippen molar-refractivity contribution in [1.29, 1.82) is 0 Å². The summed E-state index contributed by atoms with van der Waals surface area (Å²) < 4.78 is 5.50. The quantitative estimate of drug-likeness (QED) is 0.386. The second kappa shape index (κ2) is 9.75. The molecule has 0 bridgehead atoms. The smallest absolute Gasteiger partial charge is 0.159 e. The van der Waals surface area contributed by atoms with Crippen molar-refractivity contribution in [2.75, 3.05) is 26.3 Å². The van der Waals surface area contributed by atoms with Gasteiger partial charge in [-0.2, -0.15) is 0 Å². The molecule has 2 aromatic carbocycles. The van der Waals surface area contributed by atoms with Gasteiger partial charge in [-0.25, -0.2) is 4.98 Å². The zero-order valence-corrected chi connectivity index (χ0v) is 19.5. The highest BCUT2D eigenvalue weighted by atomic mass is 16.5. The summed E-state index contributed by atoms with van der Waals surface area (Å²) in [5, 5.41) is 1.07. The van der Waals surface area contributed by atoms with Crippen LogP contribution in [0.1, 0.15) is 16.7 Å². The second-order valence-corrected chi connectivity index (χ2v) is 8.85. The van der Waals surface area contributed by atoms with Gasteiger partial charge in [0, 0.05) is 43.2 Å². The number of hydrogen-bond acceptors (Lipinski definition) is 4. The fourth-order valence-corrected chi connectivity index (χ4v) is 4.66. The number of morpholine rings is 1. The molecule has 4 aromatic rings. The van der Waals surface area contributed by atoms with Gasteiger partial charge in [0.1, 0.15) is 5.65 Å². The predicted octanol–water partition coefficient (Wildman–Crippen LogP) is 5.34. The molecule has 0 saturated carbocycles. The van der Waals surface area contributed by atoms with Gasteiger partial charge in [-0.05, 0) is 59.0 Å². The summed E-state index contributed by atoms with van der Waals surface area (Å²) in [5.41, 5.74) is 8.61. The molecule has 2 aromatic heterocycles. The van der Waals surface area contributed by atoms with Gasteiger partial charge in [0.2, 0.25) is 0 Å². The van der Waals surface area contributed by atoms with E-state index in [1.807, 2.05) is 19.2 Å². The van der Waals surface area contributed by atoms with Gasteiger partial charge in [0.15, 0.2) is 5.78 Å². The van der Waals surface area contributed by atoms with Crippen molar-refractivity contribution in [3.8, 4) is 22.4 Å². The topological polar surface area (TPSA) is 58.2 Å². The van der Waals surface area contributed by atoms with E-state index >= 15 is 0 Å². The number of ketones is 1. The van der Waals surface area contributed by atoms with E-state index in [0.29, 0.717) is 6.42 Å². The second-order valence-electron chi connectivity index (χ2n) is 8.85. The number of aromatic nitrogens is 2. The average Bonchev–Trinajstić information content (AvgIpc) is 3.26. The van der Waals surface area contributed by atoms with Crippen molar-refractivity contribution in [3.05, 3.63) is 90.1 Å². The molecule has 1 N–H and O–H groups in total. The number of aryl methyl sites for hydroxylation is 1. The van der Waals surface area contributed by atoms with E-state index in [1.54, 1.807) is 0 Å². The molecule has 0 aliphatic carbocycles. The maximum absolute atomic E-state index is 12.1. The van der Waals surface area contributed by atoms with E-state index in [4.69, 9.17) is 4.74 Å². The van der Waals surface area contributed by atoms with E-state index in [9.17, 15) is 4.79 Å². The van der Waals surface area contributed by atoms with Crippen LogP contribution in [0.4, 0.5) is 0 Å². The van der Waals surface area contributed by atoms with Crippen LogP contribution in [-0.2, 0) is 22.5 Å². The minimum atomic E-state index is 0.0249. The molecule has 172 valence electrons. The lowest BCUT2D eigenvalue weighted by Gasteiger charge is -2.26. The molecule has 5 rings (SSSR count). The Labute approximate surface area is 200 Å². The van der Waals surface area contributed by atoms with Crippen LogP contribution >= 0.6 is 0 Å². The van der Waals surface area contributed by atoms with Crippen molar-refractivity contribution in [2.24, 2.45) is 0 Å². The minimum Gasteiger partial charge on any atom is -0.379 e. The van der Waals surface area contributed by atoms with Crippen molar-refractivity contribution in [3.63, 3.8) is 0 Å². The Hall–Kier alpha value is -3.54. The summed E-state index contributed by atoms with van der Waals surface area (Å²) >= 11 is 0. The summed E-state index contributed by atoms with van der Waals surface area (Å²) in [6, 6.07) is 19.1. The van der Waals surface area contributed by atoms with E-state index in [2.05, 4.69) is 70.0 Å². The fourth-order valence-electron chi connectivity index (χ4n) is 4.66. The fraction of sp³-hybridized carbons (Fsp3) is 0.241. The maximum Gasteiger partial charge on any atom is 0.159 e. The highest BCUT2D eigenvalue weighted by Crippen LogP contribution is 2.38. The van der Waals surface area contributed by atoms with Crippen LogP contribution in [0.5, 0.6) is 0 Å². The number of hydrogen-bond donors (Lipinski definition) is 1. The van der Waals surface area contributed by atoms with E-state index < -0.39 is 0 Å². The normalized spacial score (nSPS) is 14.4. The number of nitrogens with one attached hydrogen (secondary N) is 1. The first-order valence-corrected chi connectivity index (χ1v) is 11.7. The number of aromatic amines is 1. The molecule has 1 saturated heterocycles. The lowest BCUT2D eigenvalue weighted by Crippen LogP contribution is -2.35. The third-order valence-electron chi connectivity index (χ3n) is 6.53. The number of rotatable bonds is 7. The average molecular weight is 452 g/mol. The maximum atomic E-state index is 12.1. The molecule has 0 unspecified atom stereocenters. The van der Waals surface area contributed by atoms with Crippen molar-refractivity contribution in [1.82, 2.24) is 14.9 Å². The molecule has 1 aliphatic rings. The zero-order chi connectivity index (χ0) is 23.5. The number of carbonyl (C=O) groups is 1. The Morgan fingerprint density at radius 1 is 1.12 bits per heavy atom. The number of nitrogens with zero attached hydrogens (tertiary/aromatic N) is 2. The first-order chi connectivity index (χ1) is 16.6. The van der Waals surface area contributed by atoms with Crippen LogP contribution in [0.25, 0.3) is 33.4 Å². The van der Waals surface area contributed by atoms with Crippen molar-refractivity contribution in [2.45, 2.75) is 19.9 Å². The molecular formula is C29H29N3O2. The number of H-pyrrole nitrogens is 1. The van der Waals surface area contributed by atoms with Crippen LogP contribution in [0.2, 0.25) is 0 Å². The molecule has 34 heavy (non-hydrogen) atoms.